The Labute approximate surface area is 188 Å². The zero-order valence-electron chi connectivity index (χ0n) is 18.1. The molecule has 1 saturated heterocycles. The van der Waals surface area contributed by atoms with Crippen molar-refractivity contribution in [3.05, 3.63) is 64.1 Å². The third-order valence-corrected chi connectivity index (χ3v) is 5.45. The fraction of sp³-hybridized carbons (Fsp3) is 0.458. The van der Waals surface area contributed by atoms with Gasteiger partial charge in [-0.05, 0) is 56.2 Å². The van der Waals surface area contributed by atoms with Crippen LogP contribution in [0.4, 0.5) is 4.79 Å². The van der Waals surface area contributed by atoms with Crippen molar-refractivity contribution in [1.29, 1.82) is 0 Å². The second kappa shape index (κ2) is 10.3. The largest absolute Gasteiger partial charge is 0.493 e. The van der Waals surface area contributed by atoms with Crippen LogP contribution in [0.25, 0.3) is 0 Å². The summed E-state index contributed by atoms with van der Waals surface area (Å²) < 4.78 is 12.3. The second-order valence-corrected chi connectivity index (χ2v) is 9.53. The summed E-state index contributed by atoms with van der Waals surface area (Å²) in [7, 11) is 0. The molecule has 0 bridgehead atoms. The lowest BCUT2D eigenvalue weighted by Gasteiger charge is -2.35. The molecule has 0 aromatic heterocycles. The maximum atomic E-state index is 12.2. The summed E-state index contributed by atoms with van der Waals surface area (Å²) in [5.74, 6) is 0.889. The Kier molecular flexibility index (Phi) is 7.78. The number of ether oxygens (including phenoxy) is 2. The Morgan fingerprint density at radius 1 is 0.933 bits per heavy atom. The van der Waals surface area contributed by atoms with Gasteiger partial charge in [0.05, 0.1) is 6.61 Å². The number of hydrogen-bond acceptors (Lipinski definition) is 4. The standard InChI is InChI=1S/C24H31BrN2O3/c1-24(2,3)30-23(28)27-15-13-26(14-16-27)18-20-6-4-19(5-7-20)12-17-29-22-10-8-21(25)9-11-22/h4-11H,12-18H2,1-3H3. The molecule has 0 aliphatic carbocycles. The van der Waals surface area contributed by atoms with Crippen LogP contribution in [0.3, 0.4) is 0 Å². The molecule has 162 valence electrons. The minimum absolute atomic E-state index is 0.211. The Morgan fingerprint density at radius 2 is 1.53 bits per heavy atom. The molecule has 0 atom stereocenters. The van der Waals surface area contributed by atoms with E-state index in [1.54, 1.807) is 4.90 Å². The van der Waals surface area contributed by atoms with Crippen LogP contribution in [0.2, 0.25) is 0 Å². The summed E-state index contributed by atoms with van der Waals surface area (Å²) in [5, 5.41) is 0. The van der Waals surface area contributed by atoms with E-state index in [9.17, 15) is 4.79 Å². The van der Waals surface area contributed by atoms with Gasteiger partial charge in [0.25, 0.3) is 0 Å². The smallest absolute Gasteiger partial charge is 0.410 e. The lowest BCUT2D eigenvalue weighted by Crippen LogP contribution is -2.49. The highest BCUT2D eigenvalue weighted by molar-refractivity contribution is 9.10. The first-order valence-electron chi connectivity index (χ1n) is 10.4. The molecule has 6 heteroatoms. The summed E-state index contributed by atoms with van der Waals surface area (Å²) in [4.78, 5) is 16.4. The van der Waals surface area contributed by atoms with Gasteiger partial charge in [-0.3, -0.25) is 4.90 Å². The molecule has 1 fully saturated rings. The van der Waals surface area contributed by atoms with Gasteiger partial charge in [-0.2, -0.15) is 0 Å². The SMILES string of the molecule is CC(C)(C)OC(=O)N1CCN(Cc2ccc(CCOc3ccc(Br)cc3)cc2)CC1. The number of benzene rings is 2. The van der Waals surface area contributed by atoms with Gasteiger partial charge in [-0.15, -0.1) is 0 Å². The van der Waals surface area contributed by atoms with E-state index in [1.807, 2.05) is 45.0 Å². The fourth-order valence-electron chi connectivity index (χ4n) is 3.30. The van der Waals surface area contributed by atoms with Gasteiger partial charge in [0, 0.05) is 43.6 Å². The molecule has 30 heavy (non-hydrogen) atoms. The van der Waals surface area contributed by atoms with Gasteiger partial charge in [0.15, 0.2) is 0 Å². The third kappa shape index (κ3) is 7.33. The fourth-order valence-corrected chi connectivity index (χ4v) is 3.57. The van der Waals surface area contributed by atoms with E-state index in [0.717, 1.165) is 36.3 Å². The van der Waals surface area contributed by atoms with Gasteiger partial charge in [0.1, 0.15) is 11.4 Å². The molecule has 1 aliphatic heterocycles. The minimum Gasteiger partial charge on any atom is -0.493 e. The highest BCUT2D eigenvalue weighted by Gasteiger charge is 2.25. The van der Waals surface area contributed by atoms with Crippen molar-refractivity contribution in [3.8, 4) is 5.75 Å². The maximum Gasteiger partial charge on any atom is 0.410 e. The van der Waals surface area contributed by atoms with Crippen molar-refractivity contribution in [2.75, 3.05) is 32.8 Å². The number of carbonyl (C=O) groups is 1. The molecule has 5 nitrogen and oxygen atoms in total. The lowest BCUT2D eigenvalue weighted by atomic mass is 10.1. The molecule has 0 spiro atoms. The van der Waals surface area contributed by atoms with Crippen LogP contribution in [0, 0.1) is 0 Å². The van der Waals surface area contributed by atoms with Gasteiger partial charge >= 0.3 is 6.09 Å². The average molecular weight is 475 g/mol. The molecule has 0 radical (unpaired) electrons. The van der Waals surface area contributed by atoms with Crippen molar-refractivity contribution in [2.24, 2.45) is 0 Å². The predicted octanol–water partition coefficient (Wildman–Crippen LogP) is 5.12. The average Bonchev–Trinajstić information content (AvgIpc) is 2.70. The van der Waals surface area contributed by atoms with Gasteiger partial charge < -0.3 is 14.4 Å². The molecule has 0 unspecified atom stereocenters. The third-order valence-electron chi connectivity index (χ3n) is 4.93. The number of hydrogen-bond donors (Lipinski definition) is 0. The van der Waals surface area contributed by atoms with Gasteiger partial charge in [-0.25, -0.2) is 4.79 Å². The Morgan fingerprint density at radius 3 is 2.13 bits per heavy atom. The maximum absolute atomic E-state index is 12.2. The number of piperazine rings is 1. The van der Waals surface area contributed by atoms with Gasteiger partial charge in [0.2, 0.25) is 0 Å². The first kappa shape index (κ1) is 22.6. The monoisotopic (exact) mass is 474 g/mol. The van der Waals surface area contributed by atoms with E-state index in [-0.39, 0.29) is 6.09 Å². The van der Waals surface area contributed by atoms with Crippen molar-refractivity contribution in [3.63, 3.8) is 0 Å². The summed E-state index contributed by atoms with van der Waals surface area (Å²) in [5.41, 5.74) is 2.11. The van der Waals surface area contributed by atoms with E-state index < -0.39 is 5.60 Å². The summed E-state index contributed by atoms with van der Waals surface area (Å²) in [6.45, 7) is 10.4. The van der Waals surface area contributed by atoms with Crippen molar-refractivity contribution >= 4 is 22.0 Å². The molecule has 0 N–H and O–H groups in total. The number of carbonyl (C=O) groups excluding carboxylic acids is 1. The number of rotatable bonds is 6. The van der Waals surface area contributed by atoms with E-state index in [2.05, 4.69) is 45.1 Å². The first-order chi connectivity index (χ1) is 14.3. The van der Waals surface area contributed by atoms with E-state index >= 15 is 0 Å². The highest BCUT2D eigenvalue weighted by Crippen LogP contribution is 2.17. The molecule has 0 saturated carbocycles. The topological polar surface area (TPSA) is 42.0 Å². The molecular weight excluding hydrogens is 444 g/mol. The lowest BCUT2D eigenvalue weighted by molar-refractivity contribution is 0.0139. The molecule has 1 aliphatic rings. The van der Waals surface area contributed by atoms with Crippen LogP contribution in [-0.2, 0) is 17.7 Å². The minimum atomic E-state index is -0.445. The quantitative estimate of drug-likeness (QED) is 0.582. The highest BCUT2D eigenvalue weighted by atomic mass is 79.9. The Balaban J connectivity index is 1.39. The van der Waals surface area contributed by atoms with Crippen LogP contribution >= 0.6 is 15.9 Å². The van der Waals surface area contributed by atoms with Crippen LogP contribution in [0.15, 0.2) is 53.0 Å². The van der Waals surface area contributed by atoms with Crippen molar-refractivity contribution in [1.82, 2.24) is 9.80 Å². The second-order valence-electron chi connectivity index (χ2n) is 8.61. The van der Waals surface area contributed by atoms with Crippen LogP contribution < -0.4 is 4.74 Å². The van der Waals surface area contributed by atoms with Crippen molar-refractivity contribution < 1.29 is 14.3 Å². The van der Waals surface area contributed by atoms with Crippen LogP contribution in [0.5, 0.6) is 5.75 Å². The van der Waals surface area contributed by atoms with E-state index in [0.29, 0.717) is 19.7 Å². The predicted molar refractivity (Wildman–Crippen MR) is 123 cm³/mol. The molecule has 1 heterocycles. The molecular formula is C24H31BrN2O3. The summed E-state index contributed by atoms with van der Waals surface area (Å²) >= 11 is 3.43. The zero-order chi connectivity index (χ0) is 21.6. The number of nitrogens with zero attached hydrogens (tertiary/aromatic N) is 2. The Bertz CT molecular complexity index is 808. The number of amides is 1. The molecule has 2 aromatic rings. The summed E-state index contributed by atoms with van der Waals surface area (Å²) in [6.07, 6.45) is 0.669. The normalized spacial score (nSPS) is 15.1. The van der Waals surface area contributed by atoms with Crippen LogP contribution in [0.1, 0.15) is 31.9 Å². The molecule has 3 rings (SSSR count). The van der Waals surface area contributed by atoms with E-state index in [4.69, 9.17) is 9.47 Å². The molecule has 2 aromatic carbocycles. The Hall–Kier alpha value is -2.05. The van der Waals surface area contributed by atoms with Crippen LogP contribution in [-0.4, -0.2) is 54.3 Å². The van der Waals surface area contributed by atoms with Crippen molar-refractivity contribution in [2.45, 2.75) is 39.3 Å². The zero-order valence-corrected chi connectivity index (χ0v) is 19.7. The van der Waals surface area contributed by atoms with Gasteiger partial charge in [-0.1, -0.05) is 40.2 Å². The first-order valence-corrected chi connectivity index (χ1v) is 11.2. The summed E-state index contributed by atoms with van der Waals surface area (Å²) in [6, 6.07) is 16.6. The number of halogens is 1. The van der Waals surface area contributed by atoms with E-state index in [1.165, 1.54) is 11.1 Å². The molecule has 1 amide bonds.